The van der Waals surface area contributed by atoms with Gasteiger partial charge in [-0.3, -0.25) is 14.5 Å². The number of carbonyl (C=O) groups excluding carboxylic acids is 2. The molecule has 1 heterocycles. The van der Waals surface area contributed by atoms with Gasteiger partial charge in [-0.2, -0.15) is 0 Å². The number of ether oxygens (including phenoxy) is 1. The number of anilines is 1. The zero-order valence-electron chi connectivity index (χ0n) is 18.1. The zero-order chi connectivity index (χ0) is 22.8. The van der Waals surface area contributed by atoms with Crippen LogP contribution < -0.4 is 10.1 Å². The average Bonchev–Trinajstić information content (AvgIpc) is 3.00. The van der Waals surface area contributed by atoms with E-state index in [0.717, 1.165) is 16.7 Å². The number of hydrogen-bond acceptors (Lipinski definition) is 4. The van der Waals surface area contributed by atoms with Crippen molar-refractivity contribution < 1.29 is 14.3 Å². The molecular formula is C26H23ClN2O3. The summed E-state index contributed by atoms with van der Waals surface area (Å²) < 4.78 is 5.46. The third-order valence-electron chi connectivity index (χ3n) is 5.38. The second-order valence-electron chi connectivity index (χ2n) is 7.77. The molecule has 4 rings (SSSR count). The first kappa shape index (κ1) is 21.7. The van der Waals surface area contributed by atoms with E-state index >= 15 is 0 Å². The highest BCUT2D eigenvalue weighted by atomic mass is 35.5. The monoisotopic (exact) mass is 446 g/mol. The Kier molecular flexibility index (Phi) is 6.01. The van der Waals surface area contributed by atoms with Crippen LogP contribution >= 0.6 is 11.6 Å². The largest absolute Gasteiger partial charge is 0.495 e. The average molecular weight is 447 g/mol. The highest BCUT2D eigenvalue weighted by Gasteiger charge is 2.39. The number of carbonyl (C=O) groups is 2. The maximum absolute atomic E-state index is 13.4. The summed E-state index contributed by atoms with van der Waals surface area (Å²) in [6.07, 6.45) is 0. The van der Waals surface area contributed by atoms with Gasteiger partial charge in [0.2, 0.25) is 0 Å². The topological polar surface area (TPSA) is 58.6 Å². The molecular weight excluding hydrogens is 424 g/mol. The maximum Gasteiger partial charge on any atom is 0.278 e. The van der Waals surface area contributed by atoms with Crippen LogP contribution in [0.5, 0.6) is 5.75 Å². The van der Waals surface area contributed by atoms with Crippen molar-refractivity contribution in [2.75, 3.05) is 12.4 Å². The van der Waals surface area contributed by atoms with Crippen LogP contribution in [0, 0.1) is 13.8 Å². The van der Waals surface area contributed by atoms with Gasteiger partial charge in [0.25, 0.3) is 11.8 Å². The number of hydrogen-bond donors (Lipinski definition) is 1. The Morgan fingerprint density at radius 1 is 0.875 bits per heavy atom. The molecule has 3 aromatic rings. The molecule has 0 atom stereocenters. The quantitative estimate of drug-likeness (QED) is 0.518. The highest BCUT2D eigenvalue weighted by Crippen LogP contribution is 2.34. The smallest absolute Gasteiger partial charge is 0.278 e. The fourth-order valence-electron chi connectivity index (χ4n) is 3.65. The molecule has 3 aromatic carbocycles. The Morgan fingerprint density at radius 2 is 1.53 bits per heavy atom. The van der Waals surface area contributed by atoms with Crippen LogP contribution in [-0.4, -0.2) is 23.8 Å². The number of methoxy groups -OCH3 is 1. The number of nitrogens with zero attached hydrogens (tertiary/aromatic N) is 1. The predicted octanol–water partition coefficient (Wildman–Crippen LogP) is 5.36. The Morgan fingerprint density at radius 3 is 2.19 bits per heavy atom. The number of benzene rings is 3. The molecule has 5 nitrogen and oxygen atoms in total. The first-order valence-electron chi connectivity index (χ1n) is 10.2. The van der Waals surface area contributed by atoms with E-state index < -0.39 is 0 Å². The van der Waals surface area contributed by atoms with Crippen molar-refractivity contribution in [2.45, 2.75) is 20.4 Å². The molecule has 0 saturated carbocycles. The number of aryl methyl sites for hydroxylation is 2. The molecule has 1 aliphatic rings. The zero-order valence-corrected chi connectivity index (χ0v) is 18.9. The lowest BCUT2D eigenvalue weighted by Gasteiger charge is -2.16. The molecule has 0 radical (unpaired) electrons. The molecule has 0 saturated heterocycles. The lowest BCUT2D eigenvalue weighted by molar-refractivity contribution is -0.137. The molecule has 0 aromatic heterocycles. The van der Waals surface area contributed by atoms with E-state index in [1.807, 2.05) is 68.4 Å². The van der Waals surface area contributed by atoms with E-state index in [0.29, 0.717) is 27.6 Å². The summed E-state index contributed by atoms with van der Waals surface area (Å²) >= 11 is 5.98. The summed E-state index contributed by atoms with van der Waals surface area (Å²) in [4.78, 5) is 28.1. The van der Waals surface area contributed by atoms with Gasteiger partial charge in [0.1, 0.15) is 11.4 Å². The van der Waals surface area contributed by atoms with E-state index in [1.165, 1.54) is 4.90 Å². The second-order valence-corrected chi connectivity index (χ2v) is 8.20. The first-order chi connectivity index (χ1) is 15.4. The first-order valence-corrected chi connectivity index (χ1v) is 10.6. The predicted molar refractivity (Wildman–Crippen MR) is 126 cm³/mol. The summed E-state index contributed by atoms with van der Waals surface area (Å²) in [7, 11) is 1.57. The van der Waals surface area contributed by atoms with Crippen molar-refractivity contribution in [3.05, 3.63) is 99.7 Å². The van der Waals surface area contributed by atoms with Crippen LogP contribution in [0.2, 0.25) is 5.02 Å². The molecule has 6 heteroatoms. The summed E-state index contributed by atoms with van der Waals surface area (Å²) in [5.74, 6) is -0.144. The minimum atomic E-state index is -0.385. The van der Waals surface area contributed by atoms with Gasteiger partial charge in [0, 0.05) is 5.02 Å². The molecule has 0 aliphatic carbocycles. The maximum atomic E-state index is 13.4. The van der Waals surface area contributed by atoms with E-state index in [-0.39, 0.29) is 24.1 Å². The summed E-state index contributed by atoms with van der Waals surface area (Å²) in [5.41, 5.74) is 4.76. The summed E-state index contributed by atoms with van der Waals surface area (Å²) in [5, 5.41) is 3.79. The second kappa shape index (κ2) is 8.89. The lowest BCUT2D eigenvalue weighted by Crippen LogP contribution is -2.32. The van der Waals surface area contributed by atoms with Crippen molar-refractivity contribution in [3.63, 3.8) is 0 Å². The van der Waals surface area contributed by atoms with Crippen LogP contribution in [0.15, 0.2) is 72.4 Å². The normalized spacial score (nSPS) is 13.7. The fraction of sp³-hybridized carbons (Fsp3) is 0.154. The van der Waals surface area contributed by atoms with Crippen molar-refractivity contribution in [1.82, 2.24) is 4.90 Å². The van der Waals surface area contributed by atoms with Gasteiger partial charge in [0.15, 0.2) is 0 Å². The lowest BCUT2D eigenvalue weighted by atomic mass is 10.0. The SMILES string of the molecule is COc1ccc(C)cc1NC1=C(c2ccc(C)cc2)C(=O)N(Cc2ccc(Cl)cc2)C1=O. The van der Waals surface area contributed by atoms with Gasteiger partial charge in [-0.05, 0) is 54.8 Å². The molecule has 2 amide bonds. The van der Waals surface area contributed by atoms with Crippen LogP contribution in [0.25, 0.3) is 5.57 Å². The van der Waals surface area contributed by atoms with Crippen molar-refractivity contribution in [1.29, 1.82) is 0 Å². The van der Waals surface area contributed by atoms with E-state index in [1.54, 1.807) is 19.2 Å². The van der Waals surface area contributed by atoms with Crippen LogP contribution in [0.1, 0.15) is 22.3 Å². The van der Waals surface area contributed by atoms with Gasteiger partial charge < -0.3 is 10.1 Å². The standard InChI is InChI=1S/C26H23ClN2O3/c1-16-4-9-19(10-5-16)23-24(28-21-14-17(2)6-13-22(21)32-3)26(31)29(25(23)30)15-18-7-11-20(27)12-8-18/h4-14,28H,15H2,1-3H3. The molecule has 0 unspecified atom stereocenters. The van der Waals surface area contributed by atoms with Crippen molar-refractivity contribution in [3.8, 4) is 5.75 Å². The fourth-order valence-corrected chi connectivity index (χ4v) is 3.78. The number of halogens is 1. The molecule has 1 aliphatic heterocycles. The molecule has 1 N–H and O–H groups in total. The number of nitrogens with one attached hydrogen (secondary N) is 1. The van der Waals surface area contributed by atoms with Crippen molar-refractivity contribution in [2.24, 2.45) is 0 Å². The van der Waals surface area contributed by atoms with Gasteiger partial charge in [0.05, 0.1) is 24.9 Å². The van der Waals surface area contributed by atoms with E-state index in [9.17, 15) is 9.59 Å². The van der Waals surface area contributed by atoms with Crippen LogP contribution in [-0.2, 0) is 16.1 Å². The number of amides is 2. The minimum Gasteiger partial charge on any atom is -0.495 e. The Labute approximate surface area is 192 Å². The minimum absolute atomic E-state index is 0.153. The van der Waals surface area contributed by atoms with Crippen LogP contribution in [0.4, 0.5) is 5.69 Å². The van der Waals surface area contributed by atoms with Gasteiger partial charge >= 0.3 is 0 Å². The third kappa shape index (κ3) is 4.25. The molecule has 32 heavy (non-hydrogen) atoms. The number of rotatable bonds is 6. The van der Waals surface area contributed by atoms with Gasteiger partial charge in [-0.25, -0.2) is 0 Å². The Bertz CT molecular complexity index is 1210. The van der Waals surface area contributed by atoms with Gasteiger partial charge in [-0.1, -0.05) is 59.6 Å². The summed E-state index contributed by atoms with van der Waals surface area (Å²) in [6.45, 7) is 4.08. The highest BCUT2D eigenvalue weighted by molar-refractivity contribution is 6.36. The Hall–Kier alpha value is -3.57. The molecule has 162 valence electrons. The third-order valence-corrected chi connectivity index (χ3v) is 5.63. The molecule has 0 fully saturated rings. The van der Waals surface area contributed by atoms with E-state index in [4.69, 9.17) is 16.3 Å². The molecule has 0 spiro atoms. The van der Waals surface area contributed by atoms with E-state index in [2.05, 4.69) is 5.32 Å². The van der Waals surface area contributed by atoms with Crippen molar-refractivity contribution >= 4 is 34.7 Å². The van der Waals surface area contributed by atoms with Crippen LogP contribution in [0.3, 0.4) is 0 Å². The Balaban J connectivity index is 1.77. The van der Waals surface area contributed by atoms with Gasteiger partial charge in [-0.15, -0.1) is 0 Å². The molecule has 0 bridgehead atoms. The number of imide groups is 1. The summed E-state index contributed by atoms with van der Waals surface area (Å²) in [6, 6.07) is 20.3.